The Bertz CT molecular complexity index is 545. The molecular formula is C9H6N4O2. The van der Waals surface area contributed by atoms with Crippen molar-refractivity contribution in [2.45, 2.75) is 6.92 Å². The second-order valence-corrected chi connectivity index (χ2v) is 3.33. The van der Waals surface area contributed by atoms with Gasteiger partial charge in [0.1, 0.15) is 28.6 Å². The molecule has 2 aromatic rings. The first-order chi connectivity index (χ1) is 7.18. The highest BCUT2D eigenvalue weighted by Crippen LogP contribution is 2.22. The molecule has 0 bridgehead atoms. The topological polar surface area (TPSA) is 91.5 Å². The van der Waals surface area contributed by atoms with E-state index in [4.69, 9.17) is 0 Å². The van der Waals surface area contributed by atoms with Gasteiger partial charge in [0.2, 0.25) is 11.6 Å². The lowest BCUT2D eigenvalue weighted by Crippen LogP contribution is -2.20. The van der Waals surface area contributed by atoms with Gasteiger partial charge in [-0.05, 0) is 6.92 Å². The van der Waals surface area contributed by atoms with E-state index >= 15 is 0 Å². The molecule has 0 saturated heterocycles. The molecule has 2 N–H and O–H groups in total. The zero-order valence-electron chi connectivity index (χ0n) is 7.79. The summed E-state index contributed by atoms with van der Waals surface area (Å²) in [6, 6.07) is 0. The van der Waals surface area contributed by atoms with Crippen LogP contribution in [0.25, 0.3) is 0 Å². The Morgan fingerprint density at radius 3 is 2.67 bits per heavy atom. The summed E-state index contributed by atoms with van der Waals surface area (Å²) in [5, 5.41) is 0. The molecule has 0 radical (unpaired) electrons. The van der Waals surface area contributed by atoms with Gasteiger partial charge in [0.25, 0.3) is 0 Å². The first-order valence-corrected chi connectivity index (χ1v) is 4.38. The molecule has 15 heavy (non-hydrogen) atoms. The molecule has 74 valence electrons. The Morgan fingerprint density at radius 2 is 1.87 bits per heavy atom. The van der Waals surface area contributed by atoms with Crippen LogP contribution in [0.3, 0.4) is 0 Å². The maximum atomic E-state index is 11.8. The molecule has 0 aliphatic heterocycles. The van der Waals surface area contributed by atoms with Gasteiger partial charge in [-0.25, -0.2) is 9.97 Å². The number of nitrogens with one attached hydrogen (secondary N) is 2. The molecule has 3 rings (SSSR count). The van der Waals surface area contributed by atoms with Crippen molar-refractivity contribution >= 4 is 11.6 Å². The minimum absolute atomic E-state index is 0.163. The van der Waals surface area contributed by atoms with Crippen LogP contribution >= 0.6 is 0 Å². The summed E-state index contributed by atoms with van der Waals surface area (Å²) in [6.45, 7) is 1.70. The van der Waals surface area contributed by atoms with Crippen LogP contribution in [-0.2, 0) is 0 Å². The molecule has 0 spiro atoms. The zero-order valence-corrected chi connectivity index (χ0v) is 7.79. The maximum Gasteiger partial charge on any atom is 0.232 e. The quantitative estimate of drug-likeness (QED) is 0.545. The molecule has 2 heterocycles. The fourth-order valence-corrected chi connectivity index (χ4v) is 1.70. The van der Waals surface area contributed by atoms with Gasteiger partial charge in [-0.2, -0.15) is 0 Å². The van der Waals surface area contributed by atoms with Gasteiger partial charge >= 0.3 is 0 Å². The van der Waals surface area contributed by atoms with Crippen molar-refractivity contribution in [1.29, 1.82) is 0 Å². The molecule has 2 aromatic heterocycles. The number of rotatable bonds is 0. The molecule has 0 fully saturated rings. The number of nitrogens with zero attached hydrogens (tertiary/aromatic N) is 2. The van der Waals surface area contributed by atoms with Crippen LogP contribution in [0, 0.1) is 6.92 Å². The van der Waals surface area contributed by atoms with E-state index in [1.807, 2.05) is 0 Å². The van der Waals surface area contributed by atoms with Crippen LogP contribution in [0.15, 0.2) is 6.33 Å². The van der Waals surface area contributed by atoms with E-state index in [1.165, 1.54) is 6.33 Å². The van der Waals surface area contributed by atoms with Crippen molar-refractivity contribution in [3.63, 3.8) is 0 Å². The fourth-order valence-electron chi connectivity index (χ4n) is 1.70. The molecule has 0 aromatic carbocycles. The van der Waals surface area contributed by atoms with E-state index in [0.717, 1.165) is 0 Å². The Kier molecular flexibility index (Phi) is 1.30. The van der Waals surface area contributed by atoms with Crippen LogP contribution in [0.5, 0.6) is 0 Å². The number of hydrogen-bond donors (Lipinski definition) is 2. The summed E-state index contributed by atoms with van der Waals surface area (Å²) in [4.78, 5) is 36.9. The number of ketones is 2. The highest BCUT2D eigenvalue weighted by atomic mass is 16.1. The molecule has 0 atom stereocenters. The standard InChI is InChI=1S/C9H6N4O2/c1-3-12-6-7(13-3)9(15)5-4(8(6)14)10-2-11-5/h2H,1H3,(H,10,11)(H,12,13). The first kappa shape index (κ1) is 8.10. The van der Waals surface area contributed by atoms with Crippen LogP contribution in [0.4, 0.5) is 0 Å². The lowest BCUT2D eigenvalue weighted by atomic mass is 10.00. The maximum absolute atomic E-state index is 11.8. The Balaban J connectivity index is 2.34. The summed E-state index contributed by atoms with van der Waals surface area (Å²) < 4.78 is 0. The van der Waals surface area contributed by atoms with Crippen molar-refractivity contribution in [3.8, 4) is 0 Å². The lowest BCUT2D eigenvalue weighted by Gasteiger charge is -2.06. The predicted molar refractivity (Wildman–Crippen MR) is 48.8 cm³/mol. The number of H-pyrrole nitrogens is 2. The molecule has 6 heteroatoms. The molecule has 6 nitrogen and oxygen atoms in total. The lowest BCUT2D eigenvalue weighted by molar-refractivity contribution is 0.0969. The third-order valence-electron chi connectivity index (χ3n) is 2.35. The smallest absolute Gasteiger partial charge is 0.232 e. The summed E-state index contributed by atoms with van der Waals surface area (Å²) in [7, 11) is 0. The van der Waals surface area contributed by atoms with Crippen LogP contribution in [0.1, 0.15) is 38.2 Å². The Labute approximate surface area is 83.8 Å². The number of aryl methyl sites for hydroxylation is 1. The minimum Gasteiger partial charge on any atom is -0.341 e. The molecule has 1 aliphatic carbocycles. The van der Waals surface area contributed by atoms with E-state index in [0.29, 0.717) is 5.82 Å². The number of imidazole rings is 2. The third kappa shape index (κ3) is 0.876. The van der Waals surface area contributed by atoms with Crippen molar-refractivity contribution in [2.24, 2.45) is 0 Å². The highest BCUT2D eigenvalue weighted by molar-refractivity contribution is 6.25. The van der Waals surface area contributed by atoms with Crippen molar-refractivity contribution in [1.82, 2.24) is 19.9 Å². The number of aromatic amines is 2. The molecule has 0 saturated carbocycles. The largest absolute Gasteiger partial charge is 0.341 e. The Morgan fingerprint density at radius 1 is 1.13 bits per heavy atom. The van der Waals surface area contributed by atoms with E-state index in [9.17, 15) is 9.59 Å². The monoisotopic (exact) mass is 202 g/mol. The van der Waals surface area contributed by atoms with Gasteiger partial charge in [0.05, 0.1) is 6.33 Å². The number of aromatic nitrogens is 4. The average molecular weight is 202 g/mol. The van der Waals surface area contributed by atoms with E-state index in [2.05, 4.69) is 19.9 Å². The summed E-state index contributed by atoms with van der Waals surface area (Å²) in [5.41, 5.74) is 0.793. The zero-order chi connectivity index (χ0) is 10.6. The molecule has 1 aliphatic rings. The third-order valence-corrected chi connectivity index (χ3v) is 2.35. The van der Waals surface area contributed by atoms with E-state index in [1.54, 1.807) is 6.92 Å². The predicted octanol–water partition coefficient (Wildman–Crippen LogP) is 0.217. The van der Waals surface area contributed by atoms with Gasteiger partial charge in [-0.3, -0.25) is 9.59 Å². The van der Waals surface area contributed by atoms with Crippen LogP contribution in [0.2, 0.25) is 0 Å². The van der Waals surface area contributed by atoms with Crippen LogP contribution < -0.4 is 0 Å². The van der Waals surface area contributed by atoms with Crippen LogP contribution in [-0.4, -0.2) is 31.5 Å². The average Bonchev–Trinajstić information content (AvgIpc) is 2.79. The van der Waals surface area contributed by atoms with Gasteiger partial charge in [0.15, 0.2) is 0 Å². The fraction of sp³-hybridized carbons (Fsp3) is 0.111. The molecular weight excluding hydrogens is 196 g/mol. The van der Waals surface area contributed by atoms with Crippen molar-refractivity contribution in [3.05, 3.63) is 34.9 Å². The second kappa shape index (κ2) is 2.41. The normalized spacial score (nSPS) is 13.9. The van der Waals surface area contributed by atoms with Gasteiger partial charge in [-0.1, -0.05) is 0 Å². The second-order valence-electron chi connectivity index (χ2n) is 3.33. The summed E-state index contributed by atoms with van der Waals surface area (Å²) in [6.07, 6.45) is 1.33. The summed E-state index contributed by atoms with van der Waals surface area (Å²) in [5.74, 6) is -0.0326. The van der Waals surface area contributed by atoms with Gasteiger partial charge in [-0.15, -0.1) is 0 Å². The van der Waals surface area contributed by atoms with Gasteiger partial charge in [0, 0.05) is 0 Å². The highest BCUT2D eigenvalue weighted by Gasteiger charge is 2.34. The van der Waals surface area contributed by atoms with E-state index in [-0.39, 0.29) is 34.3 Å². The summed E-state index contributed by atoms with van der Waals surface area (Å²) >= 11 is 0. The van der Waals surface area contributed by atoms with Crippen molar-refractivity contribution < 1.29 is 9.59 Å². The Hall–Kier alpha value is -2.24. The number of fused-ring (bicyclic) bond motifs is 2. The number of carbonyl (C=O) groups excluding carboxylic acids is 2. The van der Waals surface area contributed by atoms with Gasteiger partial charge < -0.3 is 9.97 Å². The number of hydrogen-bond acceptors (Lipinski definition) is 4. The van der Waals surface area contributed by atoms with Crippen molar-refractivity contribution in [2.75, 3.05) is 0 Å². The SMILES string of the molecule is Cc1nc2c([nH]1)C(=O)c1nc[nH]c1C2=O. The molecule has 0 unspecified atom stereocenters. The number of carbonyl (C=O) groups is 2. The first-order valence-electron chi connectivity index (χ1n) is 4.38. The molecule has 0 amide bonds. The van der Waals surface area contributed by atoms with E-state index < -0.39 is 0 Å². The minimum atomic E-state index is -0.290.